The summed E-state index contributed by atoms with van der Waals surface area (Å²) in [6.45, 7) is 0. The van der Waals surface area contributed by atoms with Gasteiger partial charge >= 0.3 is 0 Å². The minimum atomic E-state index is 0.229. The molecule has 0 amide bonds. The Morgan fingerprint density at radius 3 is 2.50 bits per heavy atom. The van der Waals surface area contributed by atoms with Crippen molar-refractivity contribution in [1.29, 1.82) is 0 Å². The molecule has 1 N–H and O–H groups in total. The van der Waals surface area contributed by atoms with Crippen molar-refractivity contribution < 1.29 is 14.2 Å². The van der Waals surface area contributed by atoms with E-state index in [-0.39, 0.29) is 5.15 Å². The highest BCUT2D eigenvalue weighted by Crippen LogP contribution is 2.35. The van der Waals surface area contributed by atoms with Crippen LogP contribution in [-0.4, -0.2) is 31.3 Å². The fourth-order valence-electron chi connectivity index (χ4n) is 1.66. The summed E-state index contributed by atoms with van der Waals surface area (Å²) in [5, 5.41) is 3.32. The molecule has 0 radical (unpaired) electrons. The molecule has 0 saturated heterocycles. The third-order valence-electron chi connectivity index (χ3n) is 2.62. The Balaban J connectivity index is 2.41. The number of nitrogens with one attached hydrogen (secondary N) is 1. The van der Waals surface area contributed by atoms with Crippen molar-refractivity contribution in [2.45, 2.75) is 0 Å². The summed E-state index contributed by atoms with van der Waals surface area (Å²) in [5.41, 5.74) is 0.680. The first-order chi connectivity index (χ1) is 9.69. The summed E-state index contributed by atoms with van der Waals surface area (Å²) in [5.74, 6) is 2.13. The van der Waals surface area contributed by atoms with Gasteiger partial charge in [0.05, 0.1) is 27.0 Å². The number of methoxy groups -OCH3 is 3. The van der Waals surface area contributed by atoms with Gasteiger partial charge in [-0.3, -0.25) is 0 Å². The van der Waals surface area contributed by atoms with Crippen LogP contribution in [0, 0.1) is 0 Å². The first-order valence-corrected chi connectivity index (χ1v) is 6.11. The Morgan fingerprint density at radius 1 is 1.05 bits per heavy atom. The Labute approximate surface area is 121 Å². The van der Waals surface area contributed by atoms with Crippen LogP contribution in [-0.2, 0) is 0 Å². The van der Waals surface area contributed by atoms with Crippen molar-refractivity contribution in [3.8, 4) is 17.2 Å². The first-order valence-electron chi connectivity index (χ1n) is 5.73. The monoisotopic (exact) mass is 295 g/mol. The van der Waals surface area contributed by atoms with Crippen LogP contribution in [0.3, 0.4) is 0 Å². The lowest BCUT2D eigenvalue weighted by Crippen LogP contribution is -2.01. The van der Waals surface area contributed by atoms with Gasteiger partial charge in [-0.25, -0.2) is 9.97 Å². The SMILES string of the molecule is COc1ccc(OC)c(Nc2ncnc(Cl)c2OC)c1. The van der Waals surface area contributed by atoms with Gasteiger partial charge in [0.15, 0.2) is 16.7 Å². The highest BCUT2D eigenvalue weighted by atomic mass is 35.5. The van der Waals surface area contributed by atoms with Gasteiger partial charge in [-0.1, -0.05) is 11.6 Å². The maximum atomic E-state index is 5.96. The van der Waals surface area contributed by atoms with Crippen LogP contribution in [0.4, 0.5) is 11.5 Å². The standard InChI is InChI=1S/C13H14ClN3O3/c1-18-8-4-5-10(19-2)9(6-8)17-13-11(20-3)12(14)15-7-16-13/h4-7H,1-3H3,(H,15,16,17). The lowest BCUT2D eigenvalue weighted by atomic mass is 10.2. The summed E-state index contributed by atoms with van der Waals surface area (Å²) >= 11 is 5.96. The molecule has 7 heteroatoms. The molecule has 0 aliphatic carbocycles. The molecule has 2 aromatic rings. The molecule has 0 fully saturated rings. The molecular formula is C13H14ClN3O3. The number of aromatic nitrogens is 2. The third-order valence-corrected chi connectivity index (χ3v) is 2.89. The smallest absolute Gasteiger partial charge is 0.199 e. The van der Waals surface area contributed by atoms with E-state index in [1.807, 2.05) is 0 Å². The predicted octanol–water partition coefficient (Wildman–Crippen LogP) is 2.90. The molecular weight excluding hydrogens is 282 g/mol. The summed E-state index contributed by atoms with van der Waals surface area (Å²) in [4.78, 5) is 7.97. The van der Waals surface area contributed by atoms with Gasteiger partial charge in [-0.15, -0.1) is 0 Å². The predicted molar refractivity (Wildman–Crippen MR) is 76.4 cm³/mol. The van der Waals surface area contributed by atoms with Gasteiger partial charge < -0.3 is 19.5 Å². The van der Waals surface area contributed by atoms with E-state index >= 15 is 0 Å². The second kappa shape index (κ2) is 6.29. The topological polar surface area (TPSA) is 65.5 Å². The van der Waals surface area contributed by atoms with Crippen molar-refractivity contribution >= 4 is 23.1 Å². The average molecular weight is 296 g/mol. The number of anilines is 2. The van der Waals surface area contributed by atoms with Crippen LogP contribution in [0.25, 0.3) is 0 Å². The minimum absolute atomic E-state index is 0.229. The van der Waals surface area contributed by atoms with E-state index in [2.05, 4.69) is 15.3 Å². The lowest BCUT2D eigenvalue weighted by molar-refractivity contribution is 0.404. The highest BCUT2D eigenvalue weighted by Gasteiger charge is 2.13. The van der Waals surface area contributed by atoms with E-state index < -0.39 is 0 Å². The second-order valence-corrected chi connectivity index (χ2v) is 4.10. The summed E-state index contributed by atoms with van der Waals surface area (Å²) in [6, 6.07) is 5.37. The molecule has 20 heavy (non-hydrogen) atoms. The second-order valence-electron chi connectivity index (χ2n) is 3.74. The van der Waals surface area contributed by atoms with Gasteiger partial charge in [0.2, 0.25) is 0 Å². The molecule has 0 atom stereocenters. The van der Waals surface area contributed by atoms with Gasteiger partial charge in [-0.2, -0.15) is 0 Å². The zero-order valence-corrected chi connectivity index (χ0v) is 12.1. The average Bonchev–Trinajstić information content (AvgIpc) is 2.47. The zero-order valence-electron chi connectivity index (χ0n) is 11.3. The molecule has 1 heterocycles. The van der Waals surface area contributed by atoms with Crippen LogP contribution in [0.5, 0.6) is 17.2 Å². The summed E-state index contributed by atoms with van der Waals surface area (Å²) < 4.78 is 15.7. The molecule has 0 bridgehead atoms. The number of hydrogen-bond donors (Lipinski definition) is 1. The first kappa shape index (κ1) is 14.2. The molecule has 6 nitrogen and oxygen atoms in total. The maximum absolute atomic E-state index is 5.96. The van der Waals surface area contributed by atoms with Crippen molar-refractivity contribution in [3.63, 3.8) is 0 Å². The quantitative estimate of drug-likeness (QED) is 0.856. The van der Waals surface area contributed by atoms with Crippen LogP contribution in [0.2, 0.25) is 5.15 Å². The fourth-order valence-corrected chi connectivity index (χ4v) is 1.87. The van der Waals surface area contributed by atoms with E-state index in [1.54, 1.807) is 32.4 Å². The number of nitrogens with zero attached hydrogens (tertiary/aromatic N) is 2. The molecule has 1 aromatic heterocycles. The van der Waals surface area contributed by atoms with Crippen LogP contribution >= 0.6 is 11.6 Å². The molecule has 106 valence electrons. The Hall–Kier alpha value is -2.21. The number of hydrogen-bond acceptors (Lipinski definition) is 6. The molecule has 0 unspecified atom stereocenters. The van der Waals surface area contributed by atoms with E-state index in [9.17, 15) is 0 Å². The number of ether oxygens (including phenoxy) is 3. The minimum Gasteiger partial charge on any atom is -0.497 e. The van der Waals surface area contributed by atoms with E-state index in [1.165, 1.54) is 13.4 Å². The molecule has 0 aliphatic rings. The van der Waals surface area contributed by atoms with Gasteiger partial charge in [0, 0.05) is 6.07 Å². The Bertz CT molecular complexity index is 607. The van der Waals surface area contributed by atoms with Crippen molar-refractivity contribution in [1.82, 2.24) is 9.97 Å². The van der Waals surface area contributed by atoms with E-state index in [0.717, 1.165) is 0 Å². The molecule has 0 saturated carbocycles. The number of rotatable bonds is 5. The third kappa shape index (κ3) is 2.85. The van der Waals surface area contributed by atoms with Crippen molar-refractivity contribution in [3.05, 3.63) is 29.7 Å². The normalized spacial score (nSPS) is 10.0. The van der Waals surface area contributed by atoms with E-state index in [0.29, 0.717) is 28.8 Å². The van der Waals surface area contributed by atoms with Gasteiger partial charge in [0.1, 0.15) is 17.8 Å². The largest absolute Gasteiger partial charge is 0.497 e. The van der Waals surface area contributed by atoms with Crippen LogP contribution < -0.4 is 19.5 Å². The zero-order chi connectivity index (χ0) is 14.5. The van der Waals surface area contributed by atoms with Crippen molar-refractivity contribution in [2.24, 2.45) is 0 Å². The summed E-state index contributed by atoms with van der Waals surface area (Å²) in [6.07, 6.45) is 1.35. The van der Waals surface area contributed by atoms with Crippen LogP contribution in [0.1, 0.15) is 0 Å². The number of benzene rings is 1. The summed E-state index contributed by atoms with van der Waals surface area (Å²) in [7, 11) is 4.67. The maximum Gasteiger partial charge on any atom is 0.199 e. The lowest BCUT2D eigenvalue weighted by Gasteiger charge is -2.14. The highest BCUT2D eigenvalue weighted by molar-refractivity contribution is 6.31. The molecule has 1 aromatic carbocycles. The molecule has 2 rings (SSSR count). The Morgan fingerprint density at radius 2 is 1.85 bits per heavy atom. The van der Waals surface area contributed by atoms with E-state index in [4.69, 9.17) is 25.8 Å². The van der Waals surface area contributed by atoms with Crippen LogP contribution in [0.15, 0.2) is 24.5 Å². The van der Waals surface area contributed by atoms with Gasteiger partial charge in [0.25, 0.3) is 0 Å². The fraction of sp³-hybridized carbons (Fsp3) is 0.231. The number of halogens is 1. The van der Waals surface area contributed by atoms with Crippen molar-refractivity contribution in [2.75, 3.05) is 26.6 Å². The Kier molecular flexibility index (Phi) is 4.47. The van der Waals surface area contributed by atoms with Gasteiger partial charge in [-0.05, 0) is 12.1 Å². The molecule has 0 spiro atoms. The molecule has 0 aliphatic heterocycles.